The number of carbonyl (C=O) groups excluding carboxylic acids is 1. The van der Waals surface area contributed by atoms with Gasteiger partial charge < -0.3 is 5.32 Å². The van der Waals surface area contributed by atoms with Crippen molar-refractivity contribution in [3.8, 4) is 0 Å². The van der Waals surface area contributed by atoms with Gasteiger partial charge in [-0.15, -0.1) is 0 Å². The van der Waals surface area contributed by atoms with E-state index in [9.17, 15) is 4.79 Å². The van der Waals surface area contributed by atoms with Crippen molar-refractivity contribution in [2.75, 3.05) is 0 Å². The summed E-state index contributed by atoms with van der Waals surface area (Å²) in [5.41, 5.74) is 1.27. The van der Waals surface area contributed by atoms with Crippen LogP contribution in [0.4, 0.5) is 0 Å². The molecule has 0 unspecified atom stereocenters. The number of amides is 1. The molecule has 1 N–H and O–H groups in total. The number of nitrogens with one attached hydrogen (secondary N) is 1. The minimum Gasteiger partial charge on any atom is -0.353 e. The zero-order valence-corrected chi connectivity index (χ0v) is 13.5. The van der Waals surface area contributed by atoms with Gasteiger partial charge in [0.2, 0.25) is 5.91 Å². The molecule has 2 bridgehead atoms. The van der Waals surface area contributed by atoms with Crippen LogP contribution in [0.5, 0.6) is 0 Å². The number of carbonyl (C=O) groups is 1. The molecule has 0 aliphatic heterocycles. The molecule has 2 aliphatic rings. The second-order valence-electron chi connectivity index (χ2n) is 6.52. The fraction of sp³-hybridized carbons (Fsp3) is 0.588. The highest BCUT2D eigenvalue weighted by Crippen LogP contribution is 2.48. The highest BCUT2D eigenvalue weighted by molar-refractivity contribution is 9.10. The maximum absolute atomic E-state index is 12.4. The summed E-state index contributed by atoms with van der Waals surface area (Å²) in [5.74, 6) is 2.08. The normalized spacial score (nSPS) is 29.4. The molecule has 0 aromatic heterocycles. The van der Waals surface area contributed by atoms with E-state index >= 15 is 0 Å². The van der Waals surface area contributed by atoms with E-state index in [1.165, 1.54) is 24.8 Å². The first-order chi connectivity index (χ1) is 9.61. The Morgan fingerprint density at radius 1 is 1.30 bits per heavy atom. The van der Waals surface area contributed by atoms with Gasteiger partial charge in [-0.1, -0.05) is 34.5 Å². The van der Waals surface area contributed by atoms with Crippen LogP contribution in [0.2, 0.25) is 0 Å². The average Bonchev–Trinajstić information content (AvgIpc) is 3.03. The Labute approximate surface area is 129 Å². The first-order valence-corrected chi connectivity index (χ1v) is 8.46. The third-order valence-corrected chi connectivity index (χ3v) is 5.45. The molecule has 108 valence electrons. The van der Waals surface area contributed by atoms with Gasteiger partial charge in [-0.2, -0.15) is 0 Å². The minimum atomic E-state index is 0.211. The van der Waals surface area contributed by atoms with Crippen LogP contribution in [-0.2, 0) is 11.2 Å². The molecule has 2 fully saturated rings. The quantitative estimate of drug-likeness (QED) is 0.887. The Hall–Kier alpha value is -0.830. The largest absolute Gasteiger partial charge is 0.353 e. The smallest absolute Gasteiger partial charge is 0.223 e. The summed E-state index contributed by atoms with van der Waals surface area (Å²) in [7, 11) is 0. The molecular weight excluding hydrogens is 314 g/mol. The standard InChI is InChI=1S/C17H22BrNO/c1-11(8-12-3-6-15(18)7-4-12)19-17(20)16-10-13-2-5-14(16)9-13/h3-4,6-7,11,13-14,16H,2,5,8-10H2,1H3,(H,19,20)/t11-,13+,14+,16-/m1/s1. The lowest BCUT2D eigenvalue weighted by atomic mass is 9.88. The zero-order valence-electron chi connectivity index (χ0n) is 11.9. The maximum atomic E-state index is 12.4. The van der Waals surface area contributed by atoms with E-state index in [0.29, 0.717) is 17.7 Å². The fourth-order valence-electron chi connectivity index (χ4n) is 3.94. The van der Waals surface area contributed by atoms with E-state index in [4.69, 9.17) is 0 Å². The van der Waals surface area contributed by atoms with Gasteiger partial charge in [0, 0.05) is 16.4 Å². The molecule has 3 heteroatoms. The fourth-order valence-corrected chi connectivity index (χ4v) is 4.21. The van der Waals surface area contributed by atoms with Crippen LogP contribution in [0.1, 0.15) is 38.2 Å². The Bertz CT molecular complexity index is 484. The Balaban J connectivity index is 1.52. The van der Waals surface area contributed by atoms with Crippen LogP contribution in [0.25, 0.3) is 0 Å². The molecule has 2 nitrogen and oxygen atoms in total. The van der Waals surface area contributed by atoms with Gasteiger partial charge in [-0.05, 0) is 62.1 Å². The van der Waals surface area contributed by atoms with Crippen molar-refractivity contribution in [3.05, 3.63) is 34.3 Å². The lowest BCUT2D eigenvalue weighted by Crippen LogP contribution is -2.40. The van der Waals surface area contributed by atoms with Crippen LogP contribution >= 0.6 is 15.9 Å². The van der Waals surface area contributed by atoms with Crippen molar-refractivity contribution in [2.45, 2.75) is 45.1 Å². The van der Waals surface area contributed by atoms with Gasteiger partial charge in [0.05, 0.1) is 0 Å². The van der Waals surface area contributed by atoms with Crippen LogP contribution in [0.3, 0.4) is 0 Å². The summed E-state index contributed by atoms with van der Waals surface area (Å²) in [4.78, 5) is 12.4. The van der Waals surface area contributed by atoms with Crippen molar-refractivity contribution in [1.82, 2.24) is 5.32 Å². The molecule has 0 heterocycles. The van der Waals surface area contributed by atoms with E-state index in [1.54, 1.807) is 0 Å². The van der Waals surface area contributed by atoms with E-state index < -0.39 is 0 Å². The van der Waals surface area contributed by atoms with Crippen LogP contribution in [-0.4, -0.2) is 11.9 Å². The molecular formula is C17H22BrNO. The van der Waals surface area contributed by atoms with Gasteiger partial charge in [-0.3, -0.25) is 4.79 Å². The molecule has 0 radical (unpaired) electrons. The van der Waals surface area contributed by atoms with Crippen molar-refractivity contribution in [2.24, 2.45) is 17.8 Å². The third-order valence-electron chi connectivity index (χ3n) is 4.92. The Kier molecular flexibility index (Phi) is 4.16. The molecule has 1 aromatic rings. The van der Waals surface area contributed by atoms with Gasteiger partial charge in [0.1, 0.15) is 0 Å². The Morgan fingerprint density at radius 2 is 2.05 bits per heavy atom. The highest BCUT2D eigenvalue weighted by Gasteiger charge is 2.43. The van der Waals surface area contributed by atoms with E-state index in [1.807, 2.05) is 0 Å². The van der Waals surface area contributed by atoms with Gasteiger partial charge >= 0.3 is 0 Å². The predicted octanol–water partition coefficient (Wildman–Crippen LogP) is 3.93. The summed E-state index contributed by atoms with van der Waals surface area (Å²) < 4.78 is 1.10. The lowest BCUT2D eigenvalue weighted by Gasteiger charge is -2.23. The highest BCUT2D eigenvalue weighted by atomic mass is 79.9. The van der Waals surface area contributed by atoms with Crippen molar-refractivity contribution < 1.29 is 4.79 Å². The van der Waals surface area contributed by atoms with Crippen LogP contribution < -0.4 is 5.32 Å². The van der Waals surface area contributed by atoms with Gasteiger partial charge in [0.15, 0.2) is 0 Å². The SMILES string of the molecule is C[C@H](Cc1ccc(Br)cc1)NC(=O)[C@@H]1C[C@H]2CC[C@H]1C2. The molecule has 2 aliphatic carbocycles. The summed E-state index contributed by atoms with van der Waals surface area (Å²) in [6.07, 6.45) is 5.94. The monoisotopic (exact) mass is 335 g/mol. The number of rotatable bonds is 4. The topological polar surface area (TPSA) is 29.1 Å². The molecule has 2 saturated carbocycles. The van der Waals surface area contributed by atoms with E-state index in [-0.39, 0.29) is 6.04 Å². The molecule has 1 amide bonds. The first-order valence-electron chi connectivity index (χ1n) is 7.66. The number of halogens is 1. The first kappa shape index (κ1) is 14.1. The molecule has 0 spiro atoms. The summed E-state index contributed by atoms with van der Waals surface area (Å²) in [6.45, 7) is 2.10. The van der Waals surface area contributed by atoms with Crippen molar-refractivity contribution in [1.29, 1.82) is 0 Å². The van der Waals surface area contributed by atoms with E-state index in [0.717, 1.165) is 23.2 Å². The van der Waals surface area contributed by atoms with Crippen molar-refractivity contribution in [3.63, 3.8) is 0 Å². The lowest BCUT2D eigenvalue weighted by molar-refractivity contribution is -0.127. The second kappa shape index (κ2) is 5.88. The van der Waals surface area contributed by atoms with E-state index in [2.05, 4.69) is 52.4 Å². The second-order valence-corrected chi connectivity index (χ2v) is 7.44. The number of benzene rings is 1. The summed E-state index contributed by atoms with van der Waals surface area (Å²) >= 11 is 3.45. The number of fused-ring (bicyclic) bond motifs is 2. The average molecular weight is 336 g/mol. The number of hydrogen-bond donors (Lipinski definition) is 1. The van der Waals surface area contributed by atoms with Crippen LogP contribution in [0.15, 0.2) is 28.7 Å². The third kappa shape index (κ3) is 3.08. The Morgan fingerprint density at radius 3 is 2.65 bits per heavy atom. The van der Waals surface area contributed by atoms with Gasteiger partial charge in [-0.25, -0.2) is 0 Å². The maximum Gasteiger partial charge on any atom is 0.223 e. The molecule has 0 saturated heterocycles. The zero-order chi connectivity index (χ0) is 14.1. The molecule has 1 aromatic carbocycles. The summed E-state index contributed by atoms with van der Waals surface area (Å²) in [6, 6.07) is 8.55. The van der Waals surface area contributed by atoms with Crippen LogP contribution in [0, 0.1) is 17.8 Å². The minimum absolute atomic E-state index is 0.211. The molecule has 20 heavy (non-hydrogen) atoms. The molecule has 4 atom stereocenters. The summed E-state index contributed by atoms with van der Waals surface area (Å²) in [5, 5.41) is 3.22. The number of hydrogen-bond acceptors (Lipinski definition) is 1. The van der Waals surface area contributed by atoms with Gasteiger partial charge in [0.25, 0.3) is 0 Å². The van der Waals surface area contributed by atoms with Crippen molar-refractivity contribution >= 4 is 21.8 Å². The molecule has 3 rings (SSSR count). The predicted molar refractivity (Wildman–Crippen MR) is 84.4 cm³/mol.